The standard InChI is InChI=1S/C12H9N3O/c13-11-10-9(8-4-2-1-3-5-8)6-7-14-12(10)16-15-11/h1-7H,(H2,13,15). The summed E-state index contributed by atoms with van der Waals surface area (Å²) in [6.07, 6.45) is 1.69. The highest BCUT2D eigenvalue weighted by atomic mass is 16.5. The minimum Gasteiger partial charge on any atom is -0.380 e. The number of hydrogen-bond donors (Lipinski definition) is 1. The normalized spacial score (nSPS) is 10.8. The summed E-state index contributed by atoms with van der Waals surface area (Å²) >= 11 is 0. The molecule has 2 N–H and O–H groups in total. The van der Waals surface area contributed by atoms with E-state index in [0.717, 1.165) is 16.5 Å². The van der Waals surface area contributed by atoms with Crippen molar-refractivity contribution in [3.05, 3.63) is 42.6 Å². The molecule has 0 aliphatic carbocycles. The van der Waals surface area contributed by atoms with Crippen LogP contribution in [0.5, 0.6) is 0 Å². The third kappa shape index (κ3) is 1.24. The van der Waals surface area contributed by atoms with Crippen molar-refractivity contribution in [2.24, 2.45) is 0 Å². The van der Waals surface area contributed by atoms with Crippen LogP contribution in [0, 0.1) is 0 Å². The third-order valence-electron chi connectivity index (χ3n) is 2.49. The molecule has 2 heterocycles. The highest BCUT2D eigenvalue weighted by molar-refractivity contribution is 5.98. The molecule has 4 nitrogen and oxygen atoms in total. The van der Waals surface area contributed by atoms with Gasteiger partial charge in [0.2, 0.25) is 0 Å². The number of anilines is 1. The van der Waals surface area contributed by atoms with E-state index >= 15 is 0 Å². The van der Waals surface area contributed by atoms with Gasteiger partial charge in [-0.2, -0.15) is 0 Å². The number of hydrogen-bond acceptors (Lipinski definition) is 4. The number of benzene rings is 1. The lowest BCUT2D eigenvalue weighted by Gasteiger charge is -2.01. The van der Waals surface area contributed by atoms with Crippen LogP contribution in [-0.2, 0) is 0 Å². The second-order valence-electron chi connectivity index (χ2n) is 3.47. The lowest BCUT2D eigenvalue weighted by atomic mass is 10.0. The molecular weight excluding hydrogens is 202 g/mol. The van der Waals surface area contributed by atoms with Gasteiger partial charge in [-0.1, -0.05) is 35.5 Å². The van der Waals surface area contributed by atoms with Crippen molar-refractivity contribution in [2.75, 3.05) is 5.73 Å². The van der Waals surface area contributed by atoms with E-state index in [2.05, 4.69) is 10.1 Å². The molecule has 0 saturated carbocycles. The molecule has 0 aliphatic heterocycles. The van der Waals surface area contributed by atoms with Crippen LogP contribution in [0.1, 0.15) is 0 Å². The molecule has 0 atom stereocenters. The van der Waals surface area contributed by atoms with Crippen LogP contribution in [-0.4, -0.2) is 10.1 Å². The Kier molecular flexibility index (Phi) is 1.86. The average molecular weight is 211 g/mol. The molecule has 4 heteroatoms. The maximum absolute atomic E-state index is 5.77. The van der Waals surface area contributed by atoms with Crippen molar-refractivity contribution in [1.29, 1.82) is 0 Å². The van der Waals surface area contributed by atoms with Gasteiger partial charge in [0.25, 0.3) is 5.71 Å². The monoisotopic (exact) mass is 211 g/mol. The first-order chi connectivity index (χ1) is 7.86. The number of nitrogens with zero attached hydrogens (tertiary/aromatic N) is 2. The fourth-order valence-corrected chi connectivity index (χ4v) is 1.76. The number of aromatic nitrogens is 2. The fourth-order valence-electron chi connectivity index (χ4n) is 1.76. The maximum atomic E-state index is 5.77. The van der Waals surface area contributed by atoms with Gasteiger partial charge in [-0.15, -0.1) is 0 Å². The Morgan fingerprint density at radius 2 is 1.88 bits per heavy atom. The van der Waals surface area contributed by atoms with Gasteiger partial charge in [-0.25, -0.2) is 4.98 Å². The number of nitrogen functional groups attached to an aromatic ring is 1. The van der Waals surface area contributed by atoms with Crippen molar-refractivity contribution >= 4 is 16.9 Å². The molecule has 3 rings (SSSR count). The smallest absolute Gasteiger partial charge is 0.260 e. The highest BCUT2D eigenvalue weighted by Gasteiger charge is 2.11. The van der Waals surface area contributed by atoms with E-state index in [-0.39, 0.29) is 0 Å². The van der Waals surface area contributed by atoms with E-state index in [1.165, 1.54) is 0 Å². The molecule has 0 fully saturated rings. The maximum Gasteiger partial charge on any atom is 0.260 e. The summed E-state index contributed by atoms with van der Waals surface area (Å²) in [5.41, 5.74) is 8.30. The minimum absolute atomic E-state index is 0.377. The van der Waals surface area contributed by atoms with Crippen molar-refractivity contribution < 1.29 is 4.52 Å². The number of fused-ring (bicyclic) bond motifs is 1. The van der Waals surface area contributed by atoms with Crippen molar-refractivity contribution in [3.63, 3.8) is 0 Å². The van der Waals surface area contributed by atoms with E-state index in [0.29, 0.717) is 11.5 Å². The molecular formula is C12H9N3O. The second-order valence-corrected chi connectivity index (χ2v) is 3.47. The number of rotatable bonds is 1. The van der Waals surface area contributed by atoms with Gasteiger partial charge in [0.1, 0.15) is 0 Å². The molecule has 78 valence electrons. The van der Waals surface area contributed by atoms with Gasteiger partial charge in [-0.05, 0) is 17.2 Å². The second kappa shape index (κ2) is 3.34. The first-order valence-corrected chi connectivity index (χ1v) is 4.91. The van der Waals surface area contributed by atoms with Gasteiger partial charge < -0.3 is 10.3 Å². The van der Waals surface area contributed by atoms with E-state index in [1.807, 2.05) is 36.4 Å². The number of nitrogens with two attached hydrogens (primary N) is 1. The van der Waals surface area contributed by atoms with Crippen LogP contribution in [0.3, 0.4) is 0 Å². The molecule has 0 aliphatic rings. The topological polar surface area (TPSA) is 64.9 Å². The quantitative estimate of drug-likeness (QED) is 0.671. The Morgan fingerprint density at radius 1 is 1.06 bits per heavy atom. The molecule has 0 saturated heterocycles. The van der Waals surface area contributed by atoms with E-state index in [9.17, 15) is 0 Å². The minimum atomic E-state index is 0.377. The van der Waals surface area contributed by atoms with Gasteiger partial charge in [0, 0.05) is 6.20 Å². The van der Waals surface area contributed by atoms with Crippen LogP contribution in [0.4, 0.5) is 5.82 Å². The molecule has 1 aromatic carbocycles. The largest absolute Gasteiger partial charge is 0.380 e. The Balaban J connectivity index is 2.36. The summed E-state index contributed by atoms with van der Waals surface area (Å²) in [6, 6.07) is 11.9. The summed E-state index contributed by atoms with van der Waals surface area (Å²) in [5.74, 6) is 0.377. The summed E-state index contributed by atoms with van der Waals surface area (Å²) < 4.78 is 5.02. The molecule has 0 bridgehead atoms. The van der Waals surface area contributed by atoms with E-state index in [4.69, 9.17) is 10.3 Å². The molecule has 0 radical (unpaired) electrons. The van der Waals surface area contributed by atoms with Crippen LogP contribution < -0.4 is 5.73 Å². The zero-order valence-corrected chi connectivity index (χ0v) is 8.42. The number of pyridine rings is 1. The molecule has 2 aromatic heterocycles. The van der Waals surface area contributed by atoms with Crippen molar-refractivity contribution in [2.45, 2.75) is 0 Å². The fraction of sp³-hybridized carbons (Fsp3) is 0. The van der Waals surface area contributed by atoms with Gasteiger partial charge in [0.15, 0.2) is 5.82 Å². The van der Waals surface area contributed by atoms with E-state index < -0.39 is 0 Å². The first-order valence-electron chi connectivity index (χ1n) is 4.91. The van der Waals surface area contributed by atoms with Crippen molar-refractivity contribution in [1.82, 2.24) is 10.1 Å². The average Bonchev–Trinajstić information content (AvgIpc) is 2.73. The molecule has 16 heavy (non-hydrogen) atoms. The van der Waals surface area contributed by atoms with Crippen LogP contribution in [0.25, 0.3) is 22.2 Å². The summed E-state index contributed by atoms with van der Waals surface area (Å²) in [6.45, 7) is 0. The third-order valence-corrected chi connectivity index (χ3v) is 2.49. The summed E-state index contributed by atoms with van der Waals surface area (Å²) in [7, 11) is 0. The molecule has 3 aromatic rings. The first kappa shape index (κ1) is 8.91. The van der Waals surface area contributed by atoms with E-state index in [1.54, 1.807) is 6.20 Å². The van der Waals surface area contributed by atoms with Gasteiger partial charge >= 0.3 is 0 Å². The Bertz CT molecular complexity index is 631. The Labute approximate surface area is 91.7 Å². The molecule has 0 unspecified atom stereocenters. The predicted molar refractivity (Wildman–Crippen MR) is 61.7 cm³/mol. The summed E-state index contributed by atoms with van der Waals surface area (Å²) in [5, 5.41) is 4.49. The lowest BCUT2D eigenvalue weighted by molar-refractivity contribution is 0.452. The molecule has 0 spiro atoms. The highest BCUT2D eigenvalue weighted by Crippen LogP contribution is 2.30. The zero-order chi connectivity index (χ0) is 11.0. The summed E-state index contributed by atoms with van der Waals surface area (Å²) in [4.78, 5) is 4.08. The predicted octanol–water partition coefficient (Wildman–Crippen LogP) is 2.47. The van der Waals surface area contributed by atoms with Crippen LogP contribution in [0.15, 0.2) is 47.1 Å². The van der Waals surface area contributed by atoms with Gasteiger partial charge in [-0.3, -0.25) is 0 Å². The Morgan fingerprint density at radius 3 is 2.69 bits per heavy atom. The SMILES string of the molecule is Nc1noc2nccc(-c3ccccc3)c12. The Hall–Kier alpha value is -2.36. The van der Waals surface area contributed by atoms with Crippen LogP contribution in [0.2, 0.25) is 0 Å². The van der Waals surface area contributed by atoms with Crippen molar-refractivity contribution in [3.8, 4) is 11.1 Å². The zero-order valence-electron chi connectivity index (χ0n) is 8.42. The van der Waals surface area contributed by atoms with Gasteiger partial charge in [0.05, 0.1) is 5.39 Å². The lowest BCUT2D eigenvalue weighted by Crippen LogP contribution is -1.87. The molecule has 0 amide bonds. The van der Waals surface area contributed by atoms with Crippen LogP contribution >= 0.6 is 0 Å².